The van der Waals surface area contributed by atoms with E-state index in [1.165, 1.54) is 12.1 Å². The molecule has 1 nitrogen and oxygen atoms in total. The van der Waals surface area contributed by atoms with Gasteiger partial charge in [0.1, 0.15) is 11.6 Å². The predicted molar refractivity (Wildman–Crippen MR) is 53.3 cm³/mol. The highest BCUT2D eigenvalue weighted by molar-refractivity contribution is 9.10. The third-order valence-corrected chi connectivity index (χ3v) is 2.55. The molecule has 2 aromatic rings. The summed E-state index contributed by atoms with van der Waals surface area (Å²) in [5.74, 6) is -0.266. The van der Waals surface area contributed by atoms with Gasteiger partial charge in [-0.2, -0.15) is 0 Å². The van der Waals surface area contributed by atoms with Crippen molar-refractivity contribution in [1.82, 2.24) is 0 Å². The minimum Gasteiger partial charge on any atom is -0.506 e. The molecular formula is C10H6BrFO. The van der Waals surface area contributed by atoms with Gasteiger partial charge < -0.3 is 5.11 Å². The molecular weight excluding hydrogens is 235 g/mol. The van der Waals surface area contributed by atoms with Crippen LogP contribution >= 0.6 is 15.9 Å². The van der Waals surface area contributed by atoms with E-state index < -0.39 is 0 Å². The standard InChI is InChI=1S/C10H6BrFO/c11-9-4-2-6-1-3-7(12)5-8(6)10(9)13/h1-5,13H. The van der Waals surface area contributed by atoms with Crippen molar-refractivity contribution in [3.8, 4) is 5.75 Å². The largest absolute Gasteiger partial charge is 0.506 e. The van der Waals surface area contributed by atoms with E-state index in [2.05, 4.69) is 15.9 Å². The molecule has 0 fully saturated rings. The molecule has 3 heteroatoms. The Morgan fingerprint density at radius 3 is 2.62 bits per heavy atom. The summed E-state index contributed by atoms with van der Waals surface area (Å²) in [6.45, 7) is 0. The van der Waals surface area contributed by atoms with Crippen LogP contribution in [-0.4, -0.2) is 5.11 Å². The van der Waals surface area contributed by atoms with E-state index in [0.717, 1.165) is 5.39 Å². The van der Waals surface area contributed by atoms with Gasteiger partial charge in [-0.25, -0.2) is 4.39 Å². The highest BCUT2D eigenvalue weighted by Gasteiger charge is 2.04. The Hall–Kier alpha value is -1.09. The van der Waals surface area contributed by atoms with Gasteiger partial charge in [0.05, 0.1) is 4.47 Å². The first-order valence-corrected chi connectivity index (χ1v) is 4.54. The van der Waals surface area contributed by atoms with Crippen LogP contribution < -0.4 is 0 Å². The molecule has 0 heterocycles. The molecule has 0 saturated heterocycles. The minimum absolute atomic E-state index is 0.0806. The zero-order valence-corrected chi connectivity index (χ0v) is 8.18. The van der Waals surface area contributed by atoms with Crippen molar-refractivity contribution >= 4 is 26.7 Å². The number of hydrogen-bond donors (Lipinski definition) is 1. The highest BCUT2D eigenvalue weighted by Crippen LogP contribution is 2.32. The zero-order chi connectivity index (χ0) is 9.42. The Labute approximate surface area is 82.9 Å². The fourth-order valence-corrected chi connectivity index (χ4v) is 1.60. The molecule has 0 aliphatic carbocycles. The topological polar surface area (TPSA) is 20.2 Å². The summed E-state index contributed by atoms with van der Waals surface area (Å²) in [5.41, 5.74) is 0. The van der Waals surface area contributed by atoms with E-state index in [-0.39, 0.29) is 11.6 Å². The predicted octanol–water partition coefficient (Wildman–Crippen LogP) is 3.45. The summed E-state index contributed by atoms with van der Waals surface area (Å²) in [6, 6.07) is 7.87. The Kier molecular flexibility index (Phi) is 1.96. The van der Waals surface area contributed by atoms with Gasteiger partial charge >= 0.3 is 0 Å². The van der Waals surface area contributed by atoms with Gasteiger partial charge in [0, 0.05) is 5.39 Å². The molecule has 2 rings (SSSR count). The van der Waals surface area contributed by atoms with Crippen LogP contribution in [-0.2, 0) is 0 Å². The van der Waals surface area contributed by atoms with Crippen molar-refractivity contribution < 1.29 is 9.50 Å². The maximum atomic E-state index is 12.8. The summed E-state index contributed by atoms with van der Waals surface area (Å²) >= 11 is 3.17. The molecule has 0 atom stereocenters. The molecule has 0 bridgehead atoms. The Morgan fingerprint density at radius 2 is 1.85 bits per heavy atom. The number of phenols is 1. The van der Waals surface area contributed by atoms with E-state index in [0.29, 0.717) is 9.86 Å². The lowest BCUT2D eigenvalue weighted by molar-refractivity contribution is 0.478. The van der Waals surface area contributed by atoms with Gasteiger partial charge in [0.25, 0.3) is 0 Å². The second kappa shape index (κ2) is 3.00. The first-order chi connectivity index (χ1) is 6.18. The lowest BCUT2D eigenvalue weighted by Gasteiger charge is -2.02. The zero-order valence-electron chi connectivity index (χ0n) is 6.59. The van der Waals surface area contributed by atoms with Gasteiger partial charge in [-0.3, -0.25) is 0 Å². The molecule has 0 amide bonds. The third kappa shape index (κ3) is 1.40. The Balaban J connectivity index is 2.89. The number of hydrogen-bond acceptors (Lipinski definition) is 1. The first kappa shape index (κ1) is 8.51. The summed E-state index contributed by atoms with van der Waals surface area (Å²) in [6.07, 6.45) is 0. The van der Waals surface area contributed by atoms with Crippen molar-refractivity contribution in [3.05, 3.63) is 40.6 Å². The molecule has 2 aromatic carbocycles. The van der Waals surface area contributed by atoms with Crippen molar-refractivity contribution in [3.63, 3.8) is 0 Å². The smallest absolute Gasteiger partial charge is 0.137 e. The molecule has 0 radical (unpaired) electrons. The third-order valence-electron chi connectivity index (χ3n) is 1.91. The van der Waals surface area contributed by atoms with Gasteiger partial charge in [-0.15, -0.1) is 0 Å². The van der Waals surface area contributed by atoms with Gasteiger partial charge in [0.15, 0.2) is 0 Å². The summed E-state index contributed by atoms with van der Waals surface area (Å²) in [4.78, 5) is 0. The van der Waals surface area contributed by atoms with Gasteiger partial charge in [-0.1, -0.05) is 12.1 Å². The summed E-state index contributed by atoms with van der Waals surface area (Å²) in [5, 5.41) is 10.9. The Morgan fingerprint density at radius 1 is 1.15 bits per heavy atom. The van der Waals surface area contributed by atoms with Crippen LogP contribution in [0, 0.1) is 5.82 Å². The molecule has 0 aliphatic rings. The van der Waals surface area contributed by atoms with Crippen LogP contribution in [0.15, 0.2) is 34.8 Å². The molecule has 0 unspecified atom stereocenters. The number of halogens is 2. The van der Waals surface area contributed by atoms with E-state index >= 15 is 0 Å². The molecule has 0 spiro atoms. The second-order valence-corrected chi connectivity index (χ2v) is 3.62. The molecule has 66 valence electrons. The average Bonchev–Trinajstić information content (AvgIpc) is 2.12. The second-order valence-electron chi connectivity index (χ2n) is 2.76. The molecule has 1 N–H and O–H groups in total. The normalized spacial score (nSPS) is 10.6. The van der Waals surface area contributed by atoms with Crippen LogP contribution in [0.4, 0.5) is 4.39 Å². The number of rotatable bonds is 0. The lowest BCUT2D eigenvalue weighted by atomic mass is 10.1. The maximum Gasteiger partial charge on any atom is 0.137 e. The van der Waals surface area contributed by atoms with Gasteiger partial charge in [0.2, 0.25) is 0 Å². The average molecular weight is 241 g/mol. The SMILES string of the molecule is Oc1c(Br)ccc2ccc(F)cc12. The van der Waals surface area contributed by atoms with E-state index in [1.54, 1.807) is 12.1 Å². The number of aromatic hydroxyl groups is 1. The number of phenolic OH excluding ortho intramolecular Hbond substituents is 1. The Bertz CT molecular complexity index is 462. The molecule has 0 aliphatic heterocycles. The molecule has 0 saturated carbocycles. The minimum atomic E-state index is -0.346. The van der Waals surface area contributed by atoms with Crippen molar-refractivity contribution in [2.75, 3.05) is 0 Å². The van der Waals surface area contributed by atoms with Crippen LogP contribution in [0.2, 0.25) is 0 Å². The van der Waals surface area contributed by atoms with Crippen molar-refractivity contribution in [1.29, 1.82) is 0 Å². The maximum absolute atomic E-state index is 12.8. The molecule has 13 heavy (non-hydrogen) atoms. The number of benzene rings is 2. The van der Waals surface area contributed by atoms with Crippen molar-refractivity contribution in [2.24, 2.45) is 0 Å². The van der Waals surface area contributed by atoms with E-state index in [4.69, 9.17) is 0 Å². The van der Waals surface area contributed by atoms with E-state index in [9.17, 15) is 9.50 Å². The van der Waals surface area contributed by atoms with Crippen LogP contribution in [0.3, 0.4) is 0 Å². The van der Waals surface area contributed by atoms with Crippen LogP contribution in [0.5, 0.6) is 5.75 Å². The lowest BCUT2D eigenvalue weighted by Crippen LogP contribution is -1.78. The van der Waals surface area contributed by atoms with Gasteiger partial charge in [-0.05, 0) is 39.5 Å². The first-order valence-electron chi connectivity index (χ1n) is 3.75. The fourth-order valence-electron chi connectivity index (χ4n) is 1.25. The van der Waals surface area contributed by atoms with Crippen LogP contribution in [0.1, 0.15) is 0 Å². The summed E-state index contributed by atoms with van der Waals surface area (Å²) < 4.78 is 13.4. The number of fused-ring (bicyclic) bond motifs is 1. The quantitative estimate of drug-likeness (QED) is 0.748. The monoisotopic (exact) mass is 240 g/mol. The van der Waals surface area contributed by atoms with Crippen molar-refractivity contribution in [2.45, 2.75) is 0 Å². The molecule has 0 aromatic heterocycles. The fraction of sp³-hybridized carbons (Fsp3) is 0. The van der Waals surface area contributed by atoms with E-state index in [1.807, 2.05) is 6.07 Å². The highest BCUT2D eigenvalue weighted by atomic mass is 79.9. The summed E-state index contributed by atoms with van der Waals surface area (Å²) in [7, 11) is 0. The van der Waals surface area contributed by atoms with Crippen LogP contribution in [0.25, 0.3) is 10.8 Å².